The highest BCUT2D eigenvalue weighted by molar-refractivity contribution is 5.67. The van der Waals surface area contributed by atoms with Crippen molar-refractivity contribution < 1.29 is 20.1 Å². The molecule has 0 aliphatic heterocycles. The molecule has 2 unspecified atom stereocenters. The van der Waals surface area contributed by atoms with E-state index in [1.807, 2.05) is 0 Å². The van der Waals surface area contributed by atoms with Gasteiger partial charge in [0.2, 0.25) is 0 Å². The smallest absolute Gasteiger partial charge is 0.306 e. The number of aryl methyl sites for hydroxylation is 1. The van der Waals surface area contributed by atoms with Crippen LogP contribution in [0.15, 0.2) is 12.3 Å². The van der Waals surface area contributed by atoms with Crippen molar-refractivity contribution in [2.75, 3.05) is 5.73 Å². The molecule has 6 heteroatoms. The van der Waals surface area contributed by atoms with E-state index in [4.69, 9.17) is 10.8 Å². The zero-order chi connectivity index (χ0) is 12.3. The summed E-state index contributed by atoms with van der Waals surface area (Å²) in [4.78, 5) is 14.3. The molecule has 0 radical (unpaired) electrons. The van der Waals surface area contributed by atoms with Gasteiger partial charge in [0.05, 0.1) is 23.9 Å². The van der Waals surface area contributed by atoms with Crippen molar-refractivity contribution in [1.29, 1.82) is 0 Å². The number of carboxylic acid groups (broad SMARTS) is 1. The molecule has 0 aliphatic rings. The molecule has 16 heavy (non-hydrogen) atoms. The summed E-state index contributed by atoms with van der Waals surface area (Å²) in [6.45, 7) is 1.71. The van der Waals surface area contributed by atoms with Crippen LogP contribution in [0.1, 0.15) is 23.8 Å². The summed E-state index contributed by atoms with van der Waals surface area (Å²) in [6, 6.07) is 1.47. The number of anilines is 1. The molecule has 5 N–H and O–H groups in total. The van der Waals surface area contributed by atoms with Gasteiger partial charge in [-0.25, -0.2) is 0 Å². The van der Waals surface area contributed by atoms with Gasteiger partial charge in [-0.2, -0.15) is 0 Å². The molecule has 1 aromatic heterocycles. The van der Waals surface area contributed by atoms with Gasteiger partial charge in [0, 0.05) is 11.8 Å². The number of rotatable bonds is 4. The minimum atomic E-state index is -1.37. The van der Waals surface area contributed by atoms with Crippen molar-refractivity contribution >= 4 is 11.7 Å². The van der Waals surface area contributed by atoms with Crippen LogP contribution in [0.4, 0.5) is 5.69 Å². The van der Waals surface area contributed by atoms with Gasteiger partial charge >= 0.3 is 5.97 Å². The Balaban J connectivity index is 2.83. The minimum absolute atomic E-state index is 0.303. The second-order valence-corrected chi connectivity index (χ2v) is 3.55. The normalized spacial score (nSPS) is 14.4. The SMILES string of the molecule is Cc1ncc(C(O)C(O)CC(=O)O)cc1N. The lowest BCUT2D eigenvalue weighted by molar-refractivity contribution is -0.141. The number of carboxylic acids is 1. The fourth-order valence-corrected chi connectivity index (χ4v) is 1.24. The van der Waals surface area contributed by atoms with Crippen LogP contribution in [0.3, 0.4) is 0 Å². The van der Waals surface area contributed by atoms with Crippen molar-refractivity contribution in [3.63, 3.8) is 0 Å². The van der Waals surface area contributed by atoms with Gasteiger partial charge in [-0.1, -0.05) is 0 Å². The molecule has 0 aliphatic carbocycles. The monoisotopic (exact) mass is 226 g/mol. The molecular formula is C10H14N2O4. The fourth-order valence-electron chi connectivity index (χ4n) is 1.24. The van der Waals surface area contributed by atoms with E-state index in [-0.39, 0.29) is 0 Å². The zero-order valence-electron chi connectivity index (χ0n) is 8.79. The summed E-state index contributed by atoms with van der Waals surface area (Å²) < 4.78 is 0. The lowest BCUT2D eigenvalue weighted by Crippen LogP contribution is -2.22. The molecule has 0 saturated carbocycles. The number of hydrogen-bond donors (Lipinski definition) is 4. The molecule has 1 heterocycles. The second-order valence-electron chi connectivity index (χ2n) is 3.55. The highest BCUT2D eigenvalue weighted by Crippen LogP contribution is 2.21. The van der Waals surface area contributed by atoms with Gasteiger partial charge in [-0.15, -0.1) is 0 Å². The Kier molecular flexibility index (Phi) is 3.81. The number of aromatic nitrogens is 1. The van der Waals surface area contributed by atoms with E-state index < -0.39 is 24.6 Å². The number of aliphatic hydroxyl groups excluding tert-OH is 2. The predicted molar refractivity (Wildman–Crippen MR) is 56.6 cm³/mol. The number of hydrogen-bond acceptors (Lipinski definition) is 5. The number of nitrogens with two attached hydrogens (primary N) is 1. The summed E-state index contributed by atoms with van der Waals surface area (Å²) in [6.07, 6.45) is -1.84. The average Bonchev–Trinajstić information content (AvgIpc) is 2.20. The van der Waals surface area contributed by atoms with Gasteiger partial charge in [-0.3, -0.25) is 9.78 Å². The van der Waals surface area contributed by atoms with E-state index >= 15 is 0 Å². The lowest BCUT2D eigenvalue weighted by Gasteiger charge is -2.16. The number of nitrogens with zero attached hydrogens (tertiary/aromatic N) is 1. The third kappa shape index (κ3) is 2.91. The van der Waals surface area contributed by atoms with E-state index in [2.05, 4.69) is 4.98 Å². The highest BCUT2D eigenvalue weighted by Gasteiger charge is 2.21. The Labute approximate surface area is 92.4 Å². The number of aliphatic hydroxyl groups is 2. The van der Waals surface area contributed by atoms with Gasteiger partial charge < -0.3 is 21.1 Å². The van der Waals surface area contributed by atoms with E-state index in [1.165, 1.54) is 12.3 Å². The lowest BCUT2D eigenvalue weighted by atomic mass is 10.0. The first-order chi connectivity index (χ1) is 7.41. The summed E-state index contributed by atoms with van der Waals surface area (Å²) >= 11 is 0. The van der Waals surface area contributed by atoms with Crippen LogP contribution in [-0.2, 0) is 4.79 Å². The van der Waals surface area contributed by atoms with E-state index in [0.717, 1.165) is 0 Å². The quantitative estimate of drug-likeness (QED) is 0.567. The molecule has 0 bridgehead atoms. The van der Waals surface area contributed by atoms with Gasteiger partial charge in [0.1, 0.15) is 6.10 Å². The molecule has 0 spiro atoms. The van der Waals surface area contributed by atoms with Gasteiger partial charge in [0.15, 0.2) is 0 Å². The first kappa shape index (κ1) is 12.4. The number of pyridine rings is 1. The van der Waals surface area contributed by atoms with Crippen LogP contribution < -0.4 is 5.73 Å². The minimum Gasteiger partial charge on any atom is -0.481 e. The highest BCUT2D eigenvalue weighted by atomic mass is 16.4. The van der Waals surface area contributed by atoms with Crippen LogP contribution in [0.5, 0.6) is 0 Å². The van der Waals surface area contributed by atoms with Crippen molar-refractivity contribution in [1.82, 2.24) is 4.98 Å². The first-order valence-corrected chi connectivity index (χ1v) is 4.71. The summed E-state index contributed by atoms with van der Waals surface area (Å²) in [5, 5.41) is 27.5. The van der Waals surface area contributed by atoms with Crippen molar-refractivity contribution in [3.05, 3.63) is 23.5 Å². The van der Waals surface area contributed by atoms with Crippen LogP contribution in [0, 0.1) is 6.92 Å². The van der Waals surface area contributed by atoms with Crippen LogP contribution >= 0.6 is 0 Å². The standard InChI is InChI=1S/C10H14N2O4/c1-5-7(11)2-6(4-12-5)10(16)8(13)3-9(14)15/h2,4,8,10,13,16H,3,11H2,1H3,(H,14,15). The van der Waals surface area contributed by atoms with E-state index in [1.54, 1.807) is 6.92 Å². The Bertz CT molecular complexity index is 394. The van der Waals surface area contributed by atoms with E-state index in [0.29, 0.717) is 16.9 Å². The van der Waals surface area contributed by atoms with Crippen LogP contribution in [-0.4, -0.2) is 32.4 Å². The van der Waals surface area contributed by atoms with E-state index in [9.17, 15) is 15.0 Å². The van der Waals surface area contributed by atoms with Crippen molar-refractivity contribution in [2.45, 2.75) is 25.6 Å². The predicted octanol–water partition coefficient (Wildman–Crippen LogP) is -0.159. The zero-order valence-corrected chi connectivity index (χ0v) is 8.79. The Morgan fingerprint density at radius 1 is 1.56 bits per heavy atom. The number of carbonyl (C=O) groups is 1. The summed E-state index contributed by atoms with van der Waals surface area (Å²) in [7, 11) is 0. The fraction of sp³-hybridized carbons (Fsp3) is 0.400. The van der Waals surface area contributed by atoms with Crippen LogP contribution in [0.2, 0.25) is 0 Å². The Morgan fingerprint density at radius 2 is 2.19 bits per heavy atom. The summed E-state index contributed by atoms with van der Waals surface area (Å²) in [5.41, 5.74) is 6.89. The number of nitrogen functional groups attached to an aromatic ring is 1. The maximum atomic E-state index is 10.4. The molecule has 1 rings (SSSR count). The molecule has 6 nitrogen and oxygen atoms in total. The second kappa shape index (κ2) is 4.91. The molecule has 2 atom stereocenters. The third-order valence-corrected chi connectivity index (χ3v) is 2.24. The summed E-state index contributed by atoms with van der Waals surface area (Å²) in [5.74, 6) is -1.18. The molecule has 88 valence electrons. The number of aliphatic carboxylic acids is 1. The molecule has 1 aromatic rings. The largest absolute Gasteiger partial charge is 0.481 e. The van der Waals surface area contributed by atoms with Crippen molar-refractivity contribution in [3.8, 4) is 0 Å². The Hall–Kier alpha value is -1.66. The molecular weight excluding hydrogens is 212 g/mol. The van der Waals surface area contributed by atoms with Gasteiger partial charge in [-0.05, 0) is 13.0 Å². The maximum Gasteiger partial charge on any atom is 0.306 e. The first-order valence-electron chi connectivity index (χ1n) is 4.71. The maximum absolute atomic E-state index is 10.4. The Morgan fingerprint density at radius 3 is 2.69 bits per heavy atom. The average molecular weight is 226 g/mol. The molecule has 0 amide bonds. The topological polar surface area (TPSA) is 117 Å². The van der Waals surface area contributed by atoms with Gasteiger partial charge in [0.25, 0.3) is 0 Å². The van der Waals surface area contributed by atoms with Crippen LogP contribution in [0.25, 0.3) is 0 Å². The molecule has 0 saturated heterocycles. The molecule has 0 fully saturated rings. The van der Waals surface area contributed by atoms with Crippen molar-refractivity contribution in [2.24, 2.45) is 0 Å². The molecule has 0 aromatic carbocycles. The third-order valence-electron chi connectivity index (χ3n) is 2.24.